The summed E-state index contributed by atoms with van der Waals surface area (Å²) in [7, 11) is 0. The number of hydrogen-bond donors (Lipinski definition) is 3. The number of unbranched alkanes of at least 4 members (excludes halogenated alkanes) is 1. The molecule has 148 valence electrons. The van der Waals surface area contributed by atoms with Crippen molar-refractivity contribution in [3.05, 3.63) is 22.2 Å². The summed E-state index contributed by atoms with van der Waals surface area (Å²) in [5.41, 5.74) is 0.749. The first-order chi connectivity index (χ1) is 12.3. The topological polar surface area (TPSA) is 79.8 Å². The fraction of sp³-hybridized carbons (Fsp3) is 0.632. The molecule has 0 fully saturated rings. The summed E-state index contributed by atoms with van der Waals surface area (Å²) in [4.78, 5) is 12.0. The van der Waals surface area contributed by atoms with Gasteiger partial charge in [0.05, 0.1) is 6.61 Å². The predicted molar refractivity (Wildman–Crippen MR) is 107 cm³/mol. The molecule has 3 N–H and O–H groups in total. The van der Waals surface area contributed by atoms with Gasteiger partial charge in [0.25, 0.3) is 5.91 Å². The van der Waals surface area contributed by atoms with E-state index in [4.69, 9.17) is 14.6 Å². The molecule has 7 heteroatoms. The Morgan fingerprint density at radius 1 is 1.19 bits per heavy atom. The highest BCUT2D eigenvalue weighted by Gasteiger charge is 2.16. The van der Waals surface area contributed by atoms with Crippen LogP contribution < -0.4 is 20.1 Å². The molecule has 1 amide bonds. The van der Waals surface area contributed by atoms with Gasteiger partial charge in [-0.2, -0.15) is 0 Å². The molecule has 0 spiro atoms. The lowest BCUT2D eigenvalue weighted by Crippen LogP contribution is -2.43. The minimum atomic E-state index is -0.296. The van der Waals surface area contributed by atoms with Crippen molar-refractivity contribution in [2.45, 2.75) is 52.6 Å². The number of carbonyl (C=O) groups excluding carboxylic acids is 1. The molecule has 1 aromatic rings. The number of aliphatic hydroxyl groups is 1. The second kappa shape index (κ2) is 11.4. The van der Waals surface area contributed by atoms with E-state index >= 15 is 0 Å². The third kappa shape index (κ3) is 8.87. The minimum Gasteiger partial charge on any atom is -0.490 e. The summed E-state index contributed by atoms with van der Waals surface area (Å²) < 4.78 is 12.2. The first-order valence-corrected chi connectivity index (χ1v) is 9.76. The predicted octanol–water partition coefficient (Wildman–Crippen LogP) is 3.00. The molecule has 0 saturated carbocycles. The number of nitrogens with one attached hydrogen (secondary N) is 2. The van der Waals surface area contributed by atoms with E-state index in [-0.39, 0.29) is 24.7 Å². The normalized spacial score (nSPS) is 11.3. The second-order valence-electron chi connectivity index (χ2n) is 7.02. The van der Waals surface area contributed by atoms with Gasteiger partial charge in [-0.15, -0.1) is 0 Å². The van der Waals surface area contributed by atoms with Crippen molar-refractivity contribution in [3.63, 3.8) is 0 Å². The van der Waals surface area contributed by atoms with Crippen molar-refractivity contribution in [2.24, 2.45) is 0 Å². The van der Waals surface area contributed by atoms with Gasteiger partial charge in [-0.1, -0.05) is 15.9 Å². The van der Waals surface area contributed by atoms with E-state index < -0.39 is 0 Å². The van der Waals surface area contributed by atoms with Crippen LogP contribution in [0.5, 0.6) is 11.5 Å². The average Bonchev–Trinajstić information content (AvgIpc) is 2.54. The zero-order chi connectivity index (χ0) is 19.6. The molecule has 0 aromatic heterocycles. The number of rotatable bonds is 11. The molecule has 0 aliphatic rings. The summed E-state index contributed by atoms with van der Waals surface area (Å²) in [6.45, 7) is 9.86. The van der Waals surface area contributed by atoms with Crippen LogP contribution in [0.2, 0.25) is 0 Å². The molecular weight excluding hydrogens is 400 g/mol. The van der Waals surface area contributed by atoms with Crippen molar-refractivity contribution in [2.75, 3.05) is 26.4 Å². The Bertz CT molecular complexity index is 573. The fourth-order valence-corrected chi connectivity index (χ4v) is 2.74. The van der Waals surface area contributed by atoms with Crippen LogP contribution in [0.25, 0.3) is 0 Å². The van der Waals surface area contributed by atoms with E-state index in [1.807, 2.05) is 39.8 Å². The first-order valence-electron chi connectivity index (χ1n) is 8.97. The van der Waals surface area contributed by atoms with E-state index in [1.165, 1.54) is 0 Å². The summed E-state index contributed by atoms with van der Waals surface area (Å²) in [5.74, 6) is 0.976. The molecule has 0 heterocycles. The number of hydrogen-bond acceptors (Lipinski definition) is 5. The number of aliphatic hydroxyl groups excluding tert-OH is 1. The van der Waals surface area contributed by atoms with Gasteiger partial charge < -0.3 is 25.2 Å². The molecule has 0 unspecified atom stereocenters. The van der Waals surface area contributed by atoms with E-state index in [2.05, 4.69) is 26.6 Å². The number of amides is 1. The highest BCUT2D eigenvalue weighted by molar-refractivity contribution is 9.10. The largest absolute Gasteiger partial charge is 0.490 e. The highest BCUT2D eigenvalue weighted by atomic mass is 79.9. The van der Waals surface area contributed by atoms with Gasteiger partial charge in [0.15, 0.2) is 18.1 Å². The van der Waals surface area contributed by atoms with Gasteiger partial charge in [-0.25, -0.2) is 0 Å². The van der Waals surface area contributed by atoms with E-state index in [0.717, 1.165) is 29.4 Å². The molecule has 0 radical (unpaired) electrons. The Morgan fingerprint density at radius 3 is 2.50 bits per heavy atom. The van der Waals surface area contributed by atoms with Crippen molar-refractivity contribution in [1.82, 2.24) is 10.6 Å². The van der Waals surface area contributed by atoms with Crippen LogP contribution in [0.3, 0.4) is 0 Å². The van der Waals surface area contributed by atoms with Gasteiger partial charge in [-0.05, 0) is 64.8 Å². The standard InChI is InChI=1S/C19H31BrN2O4/c1-5-25-16-10-14(12-21-8-6-7-9-23)15(20)11-17(16)26-13-18(24)22-19(2,3)4/h10-11,21,23H,5-9,12-13H2,1-4H3,(H,22,24). The number of halogens is 1. The lowest BCUT2D eigenvalue weighted by Gasteiger charge is -2.21. The van der Waals surface area contributed by atoms with Crippen molar-refractivity contribution < 1.29 is 19.4 Å². The summed E-state index contributed by atoms with van der Waals surface area (Å²) in [5, 5.41) is 15.0. The molecule has 1 rings (SSSR count). The monoisotopic (exact) mass is 430 g/mol. The van der Waals surface area contributed by atoms with Gasteiger partial charge >= 0.3 is 0 Å². The lowest BCUT2D eigenvalue weighted by atomic mass is 10.1. The van der Waals surface area contributed by atoms with Gasteiger partial charge in [-0.3, -0.25) is 4.79 Å². The fourth-order valence-electron chi connectivity index (χ4n) is 2.28. The highest BCUT2D eigenvalue weighted by Crippen LogP contribution is 2.34. The number of ether oxygens (including phenoxy) is 2. The Hall–Kier alpha value is -1.31. The Morgan fingerprint density at radius 2 is 1.88 bits per heavy atom. The quantitative estimate of drug-likeness (QED) is 0.470. The molecule has 26 heavy (non-hydrogen) atoms. The van der Waals surface area contributed by atoms with Crippen LogP contribution >= 0.6 is 15.9 Å². The molecule has 1 aromatic carbocycles. The lowest BCUT2D eigenvalue weighted by molar-refractivity contribution is -0.124. The number of carbonyl (C=O) groups is 1. The Kier molecular flexibility index (Phi) is 9.98. The molecule has 0 atom stereocenters. The van der Waals surface area contributed by atoms with Gasteiger partial charge in [0.2, 0.25) is 0 Å². The van der Waals surface area contributed by atoms with Gasteiger partial charge in [0.1, 0.15) is 0 Å². The zero-order valence-corrected chi connectivity index (χ0v) is 17.7. The van der Waals surface area contributed by atoms with Crippen molar-refractivity contribution in [3.8, 4) is 11.5 Å². The number of benzene rings is 1. The summed E-state index contributed by atoms with van der Waals surface area (Å²) in [6, 6.07) is 3.75. The van der Waals surface area contributed by atoms with Crippen LogP contribution in [0.15, 0.2) is 16.6 Å². The van der Waals surface area contributed by atoms with Crippen LogP contribution in [0, 0.1) is 0 Å². The molecule has 0 aliphatic carbocycles. The second-order valence-corrected chi connectivity index (χ2v) is 7.87. The third-order valence-electron chi connectivity index (χ3n) is 3.36. The van der Waals surface area contributed by atoms with Gasteiger partial charge in [0, 0.05) is 23.2 Å². The van der Waals surface area contributed by atoms with Crippen molar-refractivity contribution in [1.29, 1.82) is 0 Å². The maximum absolute atomic E-state index is 12.0. The minimum absolute atomic E-state index is 0.0669. The Labute approximate surface area is 164 Å². The van der Waals surface area contributed by atoms with Crippen LogP contribution in [0.4, 0.5) is 0 Å². The smallest absolute Gasteiger partial charge is 0.258 e. The molecule has 0 bridgehead atoms. The van der Waals surface area contributed by atoms with E-state index in [1.54, 1.807) is 0 Å². The summed E-state index contributed by atoms with van der Waals surface area (Å²) >= 11 is 3.56. The maximum atomic E-state index is 12.0. The van der Waals surface area contributed by atoms with Crippen LogP contribution in [0.1, 0.15) is 46.1 Å². The SMILES string of the molecule is CCOc1cc(CNCCCCO)c(Br)cc1OCC(=O)NC(C)(C)C. The third-order valence-corrected chi connectivity index (χ3v) is 4.10. The van der Waals surface area contributed by atoms with Crippen LogP contribution in [-0.4, -0.2) is 42.9 Å². The average molecular weight is 431 g/mol. The van der Waals surface area contributed by atoms with E-state index in [9.17, 15) is 4.79 Å². The molecule has 6 nitrogen and oxygen atoms in total. The maximum Gasteiger partial charge on any atom is 0.258 e. The zero-order valence-electron chi connectivity index (χ0n) is 16.2. The Balaban J connectivity index is 2.73. The summed E-state index contributed by atoms with van der Waals surface area (Å²) in [6.07, 6.45) is 1.72. The molecular formula is C19H31BrN2O4. The molecule has 0 aliphatic heterocycles. The molecule has 0 saturated heterocycles. The first kappa shape index (κ1) is 22.7. The van der Waals surface area contributed by atoms with E-state index in [0.29, 0.717) is 24.7 Å². The van der Waals surface area contributed by atoms with Crippen LogP contribution in [-0.2, 0) is 11.3 Å². The van der Waals surface area contributed by atoms with Crippen molar-refractivity contribution >= 4 is 21.8 Å².